The fourth-order valence-corrected chi connectivity index (χ4v) is 2.25. The summed E-state index contributed by atoms with van der Waals surface area (Å²) >= 11 is 0. The largest absolute Gasteiger partial charge is 0.327 e. The molecule has 2 saturated carbocycles. The summed E-state index contributed by atoms with van der Waals surface area (Å²) < 4.78 is 0. The van der Waals surface area contributed by atoms with Gasteiger partial charge in [0.25, 0.3) is 0 Å². The van der Waals surface area contributed by atoms with Crippen LogP contribution in [0.4, 0.5) is 0 Å². The molecule has 1 saturated heterocycles. The Hall–Kier alpha value is -1.39. The van der Waals surface area contributed by atoms with Gasteiger partial charge in [-0.05, 0) is 25.7 Å². The molecule has 5 nitrogen and oxygen atoms in total. The molecule has 0 aromatic heterocycles. The molecule has 16 heavy (non-hydrogen) atoms. The van der Waals surface area contributed by atoms with E-state index >= 15 is 0 Å². The van der Waals surface area contributed by atoms with Crippen molar-refractivity contribution in [2.75, 3.05) is 0 Å². The summed E-state index contributed by atoms with van der Waals surface area (Å²) in [7, 11) is 0. The molecular formula is C11H14N2O3. The maximum Gasteiger partial charge on any atom is 0.249 e. The van der Waals surface area contributed by atoms with E-state index in [1.165, 1.54) is 0 Å². The minimum Gasteiger partial charge on any atom is -0.327 e. The number of carbonyl (C=O) groups is 3. The summed E-state index contributed by atoms with van der Waals surface area (Å²) in [6, 6.07) is -0.331. The van der Waals surface area contributed by atoms with Crippen molar-refractivity contribution in [3.05, 3.63) is 0 Å². The average molecular weight is 222 g/mol. The highest BCUT2D eigenvalue weighted by molar-refractivity contribution is 6.07. The Morgan fingerprint density at radius 1 is 1.19 bits per heavy atom. The van der Waals surface area contributed by atoms with Crippen molar-refractivity contribution in [2.24, 2.45) is 5.92 Å². The fourth-order valence-electron chi connectivity index (χ4n) is 2.25. The van der Waals surface area contributed by atoms with Crippen LogP contribution in [0.3, 0.4) is 0 Å². The fraction of sp³-hybridized carbons (Fsp3) is 0.727. The molecule has 0 bridgehead atoms. The van der Waals surface area contributed by atoms with Crippen LogP contribution in [0.15, 0.2) is 0 Å². The Morgan fingerprint density at radius 3 is 2.31 bits per heavy atom. The van der Waals surface area contributed by atoms with E-state index in [9.17, 15) is 14.4 Å². The predicted molar refractivity (Wildman–Crippen MR) is 54.1 cm³/mol. The first kappa shape index (κ1) is 9.81. The third-order valence-electron chi connectivity index (χ3n) is 3.40. The van der Waals surface area contributed by atoms with E-state index < -0.39 is 6.04 Å². The van der Waals surface area contributed by atoms with Crippen LogP contribution in [0, 0.1) is 5.92 Å². The van der Waals surface area contributed by atoms with Crippen LogP contribution in [0.2, 0.25) is 0 Å². The molecule has 0 radical (unpaired) electrons. The first-order valence-corrected chi connectivity index (χ1v) is 5.82. The second-order valence-corrected chi connectivity index (χ2v) is 4.88. The molecule has 0 unspecified atom stereocenters. The van der Waals surface area contributed by atoms with Crippen molar-refractivity contribution >= 4 is 17.7 Å². The average Bonchev–Trinajstić information content (AvgIpc) is 3.10. The quantitative estimate of drug-likeness (QED) is 0.673. The molecule has 1 heterocycles. The molecule has 86 valence electrons. The van der Waals surface area contributed by atoms with Gasteiger partial charge in [-0.25, -0.2) is 0 Å². The zero-order valence-electron chi connectivity index (χ0n) is 8.94. The normalized spacial score (nSPS) is 29.1. The highest BCUT2D eigenvalue weighted by Gasteiger charge is 2.47. The third kappa shape index (κ3) is 1.60. The molecular weight excluding hydrogens is 208 g/mol. The number of hydrogen-bond donors (Lipinski definition) is 1. The third-order valence-corrected chi connectivity index (χ3v) is 3.40. The molecule has 0 aromatic carbocycles. The van der Waals surface area contributed by atoms with E-state index in [-0.39, 0.29) is 36.1 Å². The van der Waals surface area contributed by atoms with Gasteiger partial charge in [-0.2, -0.15) is 0 Å². The highest BCUT2D eigenvalue weighted by atomic mass is 16.2. The van der Waals surface area contributed by atoms with Crippen LogP contribution in [0.1, 0.15) is 32.1 Å². The molecule has 5 heteroatoms. The SMILES string of the molecule is O=C1C[C@@H](N(C(=O)C2CC2)C2CC2)C(=O)N1. The van der Waals surface area contributed by atoms with Gasteiger partial charge in [0.1, 0.15) is 6.04 Å². The Bertz CT molecular complexity index is 371. The number of rotatable bonds is 3. The van der Waals surface area contributed by atoms with Gasteiger partial charge in [0.2, 0.25) is 17.7 Å². The smallest absolute Gasteiger partial charge is 0.249 e. The van der Waals surface area contributed by atoms with Gasteiger partial charge in [0.05, 0.1) is 6.42 Å². The van der Waals surface area contributed by atoms with E-state index in [0.717, 1.165) is 25.7 Å². The lowest BCUT2D eigenvalue weighted by Gasteiger charge is -2.26. The van der Waals surface area contributed by atoms with E-state index in [4.69, 9.17) is 0 Å². The first-order chi connectivity index (χ1) is 7.66. The van der Waals surface area contributed by atoms with Crippen molar-refractivity contribution < 1.29 is 14.4 Å². The molecule has 1 N–H and O–H groups in total. The summed E-state index contributed by atoms with van der Waals surface area (Å²) in [6.07, 6.45) is 3.95. The Labute approximate surface area is 93.2 Å². The number of nitrogens with one attached hydrogen (secondary N) is 1. The predicted octanol–water partition coefficient (Wildman–Crippen LogP) is -0.197. The van der Waals surface area contributed by atoms with Crippen molar-refractivity contribution in [3.8, 4) is 0 Å². The standard InChI is InChI=1S/C11H14N2O3/c14-9-5-8(10(15)12-9)13(7-3-4-7)11(16)6-1-2-6/h6-8H,1-5H2,(H,12,14,15)/t8-/m1/s1. The molecule has 1 aliphatic heterocycles. The molecule has 3 aliphatic rings. The lowest BCUT2D eigenvalue weighted by atomic mass is 10.1. The Kier molecular flexibility index (Phi) is 2.02. The van der Waals surface area contributed by atoms with Crippen LogP contribution in [-0.4, -0.2) is 34.7 Å². The second kappa shape index (κ2) is 3.30. The maximum absolute atomic E-state index is 12.1. The molecule has 3 amide bonds. The van der Waals surface area contributed by atoms with E-state index in [2.05, 4.69) is 5.32 Å². The molecule has 3 rings (SSSR count). The van der Waals surface area contributed by atoms with Crippen molar-refractivity contribution in [3.63, 3.8) is 0 Å². The van der Waals surface area contributed by atoms with Crippen LogP contribution in [0.25, 0.3) is 0 Å². The summed E-state index contributed by atoms with van der Waals surface area (Å²) in [4.78, 5) is 36.5. The van der Waals surface area contributed by atoms with Crippen molar-refractivity contribution in [2.45, 2.75) is 44.2 Å². The van der Waals surface area contributed by atoms with Gasteiger partial charge in [0.15, 0.2) is 0 Å². The van der Waals surface area contributed by atoms with Crippen molar-refractivity contribution in [1.29, 1.82) is 0 Å². The number of amides is 3. The lowest BCUT2D eigenvalue weighted by Crippen LogP contribution is -2.46. The second-order valence-electron chi connectivity index (χ2n) is 4.88. The summed E-state index contributed by atoms with van der Waals surface area (Å²) in [5.74, 6) is -0.364. The zero-order chi connectivity index (χ0) is 11.3. The van der Waals surface area contributed by atoms with Gasteiger partial charge in [0, 0.05) is 12.0 Å². The lowest BCUT2D eigenvalue weighted by molar-refractivity contribution is -0.140. The van der Waals surface area contributed by atoms with Gasteiger partial charge in [-0.1, -0.05) is 0 Å². The minimum atomic E-state index is -0.534. The van der Waals surface area contributed by atoms with Crippen LogP contribution in [-0.2, 0) is 14.4 Å². The summed E-state index contributed by atoms with van der Waals surface area (Å²) in [5, 5.41) is 2.27. The van der Waals surface area contributed by atoms with Gasteiger partial charge in [-0.15, -0.1) is 0 Å². The summed E-state index contributed by atoms with van der Waals surface area (Å²) in [6.45, 7) is 0. The summed E-state index contributed by atoms with van der Waals surface area (Å²) in [5.41, 5.74) is 0. The van der Waals surface area contributed by atoms with Gasteiger partial charge in [-0.3, -0.25) is 19.7 Å². The van der Waals surface area contributed by atoms with E-state index in [0.29, 0.717) is 0 Å². The number of imide groups is 1. The van der Waals surface area contributed by atoms with Crippen LogP contribution < -0.4 is 5.32 Å². The first-order valence-electron chi connectivity index (χ1n) is 5.82. The molecule has 2 aliphatic carbocycles. The monoisotopic (exact) mass is 222 g/mol. The highest BCUT2D eigenvalue weighted by Crippen LogP contribution is 2.38. The van der Waals surface area contributed by atoms with E-state index in [1.807, 2.05) is 0 Å². The maximum atomic E-state index is 12.1. The number of nitrogens with zero attached hydrogens (tertiary/aromatic N) is 1. The minimum absolute atomic E-state index is 0.0809. The molecule has 0 aromatic rings. The number of hydrogen-bond acceptors (Lipinski definition) is 3. The van der Waals surface area contributed by atoms with Gasteiger partial charge >= 0.3 is 0 Å². The number of carbonyl (C=O) groups excluding carboxylic acids is 3. The Morgan fingerprint density at radius 2 is 1.88 bits per heavy atom. The molecule has 3 fully saturated rings. The van der Waals surface area contributed by atoms with Crippen LogP contribution in [0.5, 0.6) is 0 Å². The van der Waals surface area contributed by atoms with E-state index in [1.54, 1.807) is 4.90 Å². The molecule has 0 spiro atoms. The molecule has 1 atom stereocenters. The Balaban J connectivity index is 1.79. The van der Waals surface area contributed by atoms with Crippen molar-refractivity contribution in [1.82, 2.24) is 10.2 Å². The zero-order valence-corrected chi connectivity index (χ0v) is 8.94. The van der Waals surface area contributed by atoms with Gasteiger partial charge < -0.3 is 4.90 Å². The van der Waals surface area contributed by atoms with Crippen LogP contribution >= 0.6 is 0 Å². The topological polar surface area (TPSA) is 66.5 Å².